The minimum absolute atomic E-state index is 0.0344. The molecule has 1 N–H and O–H groups in total. The van der Waals surface area contributed by atoms with Gasteiger partial charge in [-0.1, -0.05) is 18.2 Å². The maximum absolute atomic E-state index is 12.4. The van der Waals surface area contributed by atoms with Crippen LogP contribution in [0.1, 0.15) is 21.5 Å². The summed E-state index contributed by atoms with van der Waals surface area (Å²) in [7, 11) is 1.75. The van der Waals surface area contributed by atoms with Crippen LogP contribution in [0.3, 0.4) is 0 Å². The highest BCUT2D eigenvalue weighted by molar-refractivity contribution is 5.82. The summed E-state index contributed by atoms with van der Waals surface area (Å²) in [5.41, 5.74) is -0.305. The highest BCUT2D eigenvalue weighted by atomic mass is 19.4. The molecule has 0 aliphatic heterocycles. The van der Waals surface area contributed by atoms with E-state index in [1.54, 1.807) is 19.2 Å². The van der Waals surface area contributed by atoms with Crippen LogP contribution in [-0.2, 0) is 6.18 Å². The van der Waals surface area contributed by atoms with Crippen molar-refractivity contribution in [1.29, 1.82) is 0 Å². The van der Waals surface area contributed by atoms with Gasteiger partial charge in [0.2, 0.25) is 0 Å². The van der Waals surface area contributed by atoms with Crippen LogP contribution >= 0.6 is 0 Å². The lowest BCUT2D eigenvalue weighted by atomic mass is 10.0. The monoisotopic (exact) mass is 243 g/mol. The lowest BCUT2D eigenvalue weighted by molar-refractivity contribution is -0.137. The highest BCUT2D eigenvalue weighted by Crippen LogP contribution is 2.30. The summed E-state index contributed by atoms with van der Waals surface area (Å²) in [5, 5.41) is 2.86. The van der Waals surface area contributed by atoms with Crippen molar-refractivity contribution in [2.24, 2.45) is 0 Å². The number of hydrogen-bond acceptors (Lipinski definition) is 2. The SMILES string of the molecule is CNCC=Cc1ccc(C(F)(F)F)cc1C=O. The van der Waals surface area contributed by atoms with Crippen LogP contribution in [0.4, 0.5) is 13.2 Å². The molecule has 1 rings (SSSR count). The topological polar surface area (TPSA) is 29.1 Å². The number of aldehydes is 1. The van der Waals surface area contributed by atoms with E-state index >= 15 is 0 Å². The smallest absolute Gasteiger partial charge is 0.316 e. The van der Waals surface area contributed by atoms with E-state index in [9.17, 15) is 18.0 Å². The first-order chi connectivity index (χ1) is 7.99. The van der Waals surface area contributed by atoms with Gasteiger partial charge >= 0.3 is 6.18 Å². The molecule has 0 radical (unpaired) electrons. The van der Waals surface area contributed by atoms with Crippen molar-refractivity contribution in [2.75, 3.05) is 13.6 Å². The maximum atomic E-state index is 12.4. The van der Waals surface area contributed by atoms with E-state index in [0.717, 1.165) is 12.1 Å². The highest BCUT2D eigenvalue weighted by Gasteiger charge is 2.30. The third-order valence-electron chi connectivity index (χ3n) is 2.16. The van der Waals surface area contributed by atoms with Crippen molar-refractivity contribution >= 4 is 12.4 Å². The number of likely N-dealkylation sites (N-methyl/N-ethyl adjacent to an activating group) is 1. The van der Waals surface area contributed by atoms with Gasteiger partial charge in [-0.2, -0.15) is 13.2 Å². The zero-order valence-electron chi connectivity index (χ0n) is 9.21. The zero-order chi connectivity index (χ0) is 12.9. The fraction of sp³-hybridized carbons (Fsp3) is 0.250. The third kappa shape index (κ3) is 3.71. The van der Waals surface area contributed by atoms with Crippen molar-refractivity contribution in [3.63, 3.8) is 0 Å². The lowest BCUT2D eigenvalue weighted by Gasteiger charge is -2.08. The van der Waals surface area contributed by atoms with Crippen LogP contribution in [0.5, 0.6) is 0 Å². The first-order valence-corrected chi connectivity index (χ1v) is 4.96. The summed E-state index contributed by atoms with van der Waals surface area (Å²) in [6, 6.07) is 3.11. The summed E-state index contributed by atoms with van der Waals surface area (Å²) in [6.45, 7) is 0.583. The molecule has 0 aliphatic rings. The Kier molecular flexibility index (Phi) is 4.45. The molecule has 17 heavy (non-hydrogen) atoms. The predicted molar refractivity (Wildman–Crippen MR) is 59.8 cm³/mol. The van der Waals surface area contributed by atoms with E-state index in [1.165, 1.54) is 6.07 Å². The fourth-order valence-electron chi connectivity index (χ4n) is 1.31. The molecule has 0 aromatic heterocycles. The van der Waals surface area contributed by atoms with E-state index < -0.39 is 11.7 Å². The summed E-state index contributed by atoms with van der Waals surface area (Å²) in [6.07, 6.45) is -0.657. The first-order valence-electron chi connectivity index (χ1n) is 4.96. The van der Waals surface area contributed by atoms with Gasteiger partial charge in [-0.25, -0.2) is 0 Å². The van der Waals surface area contributed by atoms with Gasteiger partial charge in [-0.15, -0.1) is 0 Å². The molecule has 0 saturated heterocycles. The Balaban J connectivity index is 3.06. The zero-order valence-corrected chi connectivity index (χ0v) is 9.21. The van der Waals surface area contributed by atoms with Gasteiger partial charge in [-0.3, -0.25) is 4.79 Å². The number of rotatable bonds is 4. The molecule has 92 valence electrons. The van der Waals surface area contributed by atoms with E-state index in [2.05, 4.69) is 5.32 Å². The minimum atomic E-state index is -4.43. The molecule has 0 amide bonds. The van der Waals surface area contributed by atoms with Crippen LogP contribution in [0, 0.1) is 0 Å². The van der Waals surface area contributed by atoms with Crippen LogP contribution in [0.15, 0.2) is 24.3 Å². The molecule has 0 heterocycles. The van der Waals surface area contributed by atoms with Gasteiger partial charge in [0.05, 0.1) is 5.56 Å². The number of hydrogen-bond donors (Lipinski definition) is 1. The van der Waals surface area contributed by atoms with E-state index in [-0.39, 0.29) is 5.56 Å². The molecule has 0 aliphatic carbocycles. The summed E-state index contributed by atoms with van der Waals surface area (Å²) < 4.78 is 37.2. The van der Waals surface area contributed by atoms with Crippen molar-refractivity contribution in [2.45, 2.75) is 6.18 Å². The number of halogens is 3. The van der Waals surface area contributed by atoms with Crippen LogP contribution in [0.2, 0.25) is 0 Å². The molecule has 0 saturated carbocycles. The van der Waals surface area contributed by atoms with Crippen LogP contribution < -0.4 is 5.32 Å². The second-order valence-electron chi connectivity index (χ2n) is 3.42. The first kappa shape index (κ1) is 13.4. The molecule has 1 aromatic rings. The molecule has 2 nitrogen and oxygen atoms in total. The van der Waals surface area contributed by atoms with Gasteiger partial charge < -0.3 is 5.32 Å². The van der Waals surface area contributed by atoms with Crippen LogP contribution in [-0.4, -0.2) is 19.9 Å². The Morgan fingerprint density at radius 3 is 2.53 bits per heavy atom. The number of nitrogens with one attached hydrogen (secondary N) is 1. The molecule has 0 atom stereocenters. The number of carbonyl (C=O) groups excluding carboxylic acids is 1. The quantitative estimate of drug-likeness (QED) is 0.824. The van der Waals surface area contributed by atoms with E-state index in [1.807, 2.05) is 0 Å². The van der Waals surface area contributed by atoms with Gasteiger partial charge in [0.25, 0.3) is 0 Å². The molecular weight excluding hydrogens is 231 g/mol. The predicted octanol–water partition coefficient (Wildman–Crippen LogP) is 2.75. The Morgan fingerprint density at radius 1 is 1.29 bits per heavy atom. The van der Waals surface area contributed by atoms with E-state index in [4.69, 9.17) is 0 Å². The number of benzene rings is 1. The normalized spacial score (nSPS) is 12.0. The number of alkyl halides is 3. The standard InChI is InChI=1S/C12H12F3NO/c1-16-6-2-3-9-4-5-11(12(13,14)15)7-10(9)8-17/h2-5,7-8,16H,6H2,1H3. The van der Waals surface area contributed by atoms with Gasteiger partial charge in [0.1, 0.15) is 0 Å². The Hall–Kier alpha value is -1.62. The van der Waals surface area contributed by atoms with E-state index in [0.29, 0.717) is 18.4 Å². The Morgan fingerprint density at radius 2 is 2.00 bits per heavy atom. The largest absolute Gasteiger partial charge is 0.416 e. The van der Waals surface area contributed by atoms with Crippen molar-refractivity contribution in [3.8, 4) is 0 Å². The molecule has 0 fully saturated rings. The maximum Gasteiger partial charge on any atom is 0.416 e. The number of carbonyl (C=O) groups is 1. The van der Waals surface area contributed by atoms with Gasteiger partial charge in [-0.05, 0) is 24.7 Å². The lowest BCUT2D eigenvalue weighted by Crippen LogP contribution is -2.06. The second kappa shape index (κ2) is 5.63. The molecule has 1 aromatic carbocycles. The second-order valence-corrected chi connectivity index (χ2v) is 3.42. The fourth-order valence-corrected chi connectivity index (χ4v) is 1.31. The minimum Gasteiger partial charge on any atom is -0.316 e. The van der Waals surface area contributed by atoms with Crippen LogP contribution in [0.25, 0.3) is 6.08 Å². The third-order valence-corrected chi connectivity index (χ3v) is 2.16. The van der Waals surface area contributed by atoms with Gasteiger partial charge in [0.15, 0.2) is 6.29 Å². The summed E-state index contributed by atoms with van der Waals surface area (Å²) in [5.74, 6) is 0. The molecule has 0 spiro atoms. The molecule has 5 heteroatoms. The van der Waals surface area contributed by atoms with Crippen molar-refractivity contribution < 1.29 is 18.0 Å². The van der Waals surface area contributed by atoms with Crippen molar-refractivity contribution in [3.05, 3.63) is 41.0 Å². The average Bonchev–Trinajstić information content (AvgIpc) is 2.28. The summed E-state index contributed by atoms with van der Waals surface area (Å²) >= 11 is 0. The Bertz CT molecular complexity index is 424. The van der Waals surface area contributed by atoms with Crippen molar-refractivity contribution in [1.82, 2.24) is 5.32 Å². The summed E-state index contributed by atoms with van der Waals surface area (Å²) in [4.78, 5) is 10.7. The van der Waals surface area contributed by atoms with Gasteiger partial charge in [0, 0.05) is 12.1 Å². The molecule has 0 unspecified atom stereocenters. The average molecular weight is 243 g/mol. The molecule has 0 bridgehead atoms. The Labute approximate surface area is 97.1 Å². The molecular formula is C12H12F3NO.